The van der Waals surface area contributed by atoms with Gasteiger partial charge in [-0.15, -0.1) is 0 Å². The van der Waals surface area contributed by atoms with E-state index in [-0.39, 0.29) is 6.61 Å². The number of halogens is 1. The summed E-state index contributed by atoms with van der Waals surface area (Å²) in [7, 11) is 0. The Morgan fingerprint density at radius 2 is 1.83 bits per heavy atom. The van der Waals surface area contributed by atoms with Gasteiger partial charge in [-0.1, -0.05) is 63.6 Å². The summed E-state index contributed by atoms with van der Waals surface area (Å²) in [5.74, 6) is 0.579. The summed E-state index contributed by atoms with van der Waals surface area (Å²) < 4.78 is 12.1. The fourth-order valence-electron chi connectivity index (χ4n) is 2.52. The van der Waals surface area contributed by atoms with Crippen molar-refractivity contribution in [3.05, 3.63) is 75.9 Å². The van der Waals surface area contributed by atoms with Gasteiger partial charge < -0.3 is 14.4 Å². The van der Waals surface area contributed by atoms with Crippen LogP contribution in [0.2, 0.25) is 0 Å². The number of nitrogens with zero attached hydrogens (tertiary/aromatic N) is 1. The number of rotatable bonds is 6. The van der Waals surface area contributed by atoms with Gasteiger partial charge in [0.25, 0.3) is 0 Å². The molecule has 0 saturated heterocycles. The molecular formula is C19H18BrNO3. The highest BCUT2D eigenvalue weighted by molar-refractivity contribution is 9.10. The molecule has 1 unspecified atom stereocenters. The number of ether oxygens (including phenoxy) is 1. The van der Waals surface area contributed by atoms with Crippen LogP contribution < -0.4 is 0 Å². The van der Waals surface area contributed by atoms with Crippen LogP contribution in [0.5, 0.6) is 0 Å². The van der Waals surface area contributed by atoms with Crippen LogP contribution in [0.4, 0.5) is 0 Å². The molecule has 0 aliphatic rings. The van der Waals surface area contributed by atoms with E-state index < -0.39 is 6.10 Å². The summed E-state index contributed by atoms with van der Waals surface area (Å²) in [5, 5.41) is 14.5. The van der Waals surface area contributed by atoms with Crippen molar-refractivity contribution in [3.8, 4) is 11.3 Å². The highest BCUT2D eigenvalue weighted by Gasteiger charge is 2.22. The standard InChI is InChI=1S/C19H18BrNO3/c1-13-18(17(22)12-23-11-14-5-3-2-4-6-14)19(24-21-13)15-7-9-16(20)10-8-15/h2-10,17,22H,11-12H2,1H3. The average molecular weight is 388 g/mol. The molecule has 3 aromatic rings. The second-order valence-corrected chi connectivity index (χ2v) is 6.45. The van der Waals surface area contributed by atoms with Gasteiger partial charge in [-0.3, -0.25) is 0 Å². The highest BCUT2D eigenvalue weighted by Crippen LogP contribution is 2.32. The molecule has 0 amide bonds. The third-order valence-corrected chi connectivity index (χ3v) is 4.26. The normalized spacial score (nSPS) is 12.3. The van der Waals surface area contributed by atoms with Crippen LogP contribution in [0.15, 0.2) is 63.6 Å². The molecule has 1 heterocycles. The van der Waals surface area contributed by atoms with Gasteiger partial charge in [0.2, 0.25) is 0 Å². The van der Waals surface area contributed by atoms with Crippen LogP contribution >= 0.6 is 15.9 Å². The SMILES string of the molecule is Cc1noc(-c2ccc(Br)cc2)c1C(O)COCc1ccccc1. The molecule has 0 spiro atoms. The zero-order valence-corrected chi connectivity index (χ0v) is 14.9. The van der Waals surface area contributed by atoms with Crippen molar-refractivity contribution in [1.82, 2.24) is 5.16 Å². The van der Waals surface area contributed by atoms with E-state index >= 15 is 0 Å². The van der Waals surface area contributed by atoms with Gasteiger partial charge >= 0.3 is 0 Å². The maximum atomic E-state index is 10.5. The summed E-state index contributed by atoms with van der Waals surface area (Å²) in [6, 6.07) is 17.6. The zero-order chi connectivity index (χ0) is 16.9. The van der Waals surface area contributed by atoms with Crippen LogP contribution in [0.25, 0.3) is 11.3 Å². The second-order valence-electron chi connectivity index (χ2n) is 5.53. The van der Waals surface area contributed by atoms with E-state index in [4.69, 9.17) is 9.26 Å². The van der Waals surface area contributed by atoms with Gasteiger partial charge in [-0.05, 0) is 24.6 Å². The van der Waals surface area contributed by atoms with Gasteiger partial charge in [-0.2, -0.15) is 0 Å². The number of hydrogen-bond donors (Lipinski definition) is 1. The molecule has 0 bridgehead atoms. The van der Waals surface area contributed by atoms with E-state index in [0.717, 1.165) is 15.6 Å². The van der Waals surface area contributed by atoms with Gasteiger partial charge in [0, 0.05) is 10.0 Å². The Hall–Kier alpha value is -1.95. The Balaban J connectivity index is 1.71. The van der Waals surface area contributed by atoms with Crippen LogP contribution in [-0.2, 0) is 11.3 Å². The number of hydrogen-bond acceptors (Lipinski definition) is 4. The second kappa shape index (κ2) is 7.75. The maximum absolute atomic E-state index is 10.5. The van der Waals surface area contributed by atoms with E-state index in [1.807, 2.05) is 61.5 Å². The number of aliphatic hydroxyl groups is 1. The molecule has 3 rings (SSSR count). The predicted molar refractivity (Wildman–Crippen MR) is 95.4 cm³/mol. The summed E-state index contributed by atoms with van der Waals surface area (Å²) in [4.78, 5) is 0. The lowest BCUT2D eigenvalue weighted by molar-refractivity contribution is 0.0275. The molecule has 0 aliphatic heterocycles. The van der Waals surface area contributed by atoms with Crippen molar-refractivity contribution in [2.45, 2.75) is 19.6 Å². The minimum Gasteiger partial charge on any atom is -0.386 e. The Kier molecular flexibility index (Phi) is 5.45. The quantitative estimate of drug-likeness (QED) is 0.667. The molecule has 4 nitrogen and oxygen atoms in total. The molecule has 2 aromatic carbocycles. The fourth-order valence-corrected chi connectivity index (χ4v) is 2.79. The molecule has 0 aliphatic carbocycles. The van der Waals surface area contributed by atoms with Gasteiger partial charge in [-0.25, -0.2) is 0 Å². The number of aryl methyl sites for hydroxylation is 1. The van der Waals surface area contributed by atoms with Crippen molar-refractivity contribution in [2.75, 3.05) is 6.61 Å². The van der Waals surface area contributed by atoms with Gasteiger partial charge in [0.1, 0.15) is 6.10 Å². The minimum atomic E-state index is -0.793. The van der Waals surface area contributed by atoms with E-state index in [2.05, 4.69) is 21.1 Å². The highest BCUT2D eigenvalue weighted by atomic mass is 79.9. The Morgan fingerprint density at radius 1 is 1.12 bits per heavy atom. The Labute approximate surface area is 149 Å². The molecule has 0 fully saturated rings. The lowest BCUT2D eigenvalue weighted by Gasteiger charge is -2.12. The molecule has 1 N–H and O–H groups in total. The lowest BCUT2D eigenvalue weighted by atomic mass is 10.0. The molecule has 0 radical (unpaired) electrons. The topological polar surface area (TPSA) is 55.5 Å². The van der Waals surface area contributed by atoms with Crippen LogP contribution in [0.3, 0.4) is 0 Å². The first kappa shape index (κ1) is 16.9. The smallest absolute Gasteiger partial charge is 0.173 e. The first-order valence-electron chi connectivity index (χ1n) is 7.67. The molecule has 24 heavy (non-hydrogen) atoms. The maximum Gasteiger partial charge on any atom is 0.173 e. The van der Waals surface area contributed by atoms with Crippen LogP contribution in [0.1, 0.15) is 22.9 Å². The van der Waals surface area contributed by atoms with Crippen molar-refractivity contribution in [2.24, 2.45) is 0 Å². The first-order chi connectivity index (χ1) is 11.6. The third-order valence-electron chi connectivity index (χ3n) is 3.74. The van der Waals surface area contributed by atoms with Crippen molar-refractivity contribution in [3.63, 3.8) is 0 Å². The van der Waals surface area contributed by atoms with E-state index in [1.165, 1.54) is 0 Å². The summed E-state index contributed by atoms with van der Waals surface area (Å²) in [5.41, 5.74) is 3.28. The average Bonchev–Trinajstić information content (AvgIpc) is 2.98. The number of benzene rings is 2. The molecule has 0 saturated carbocycles. The Morgan fingerprint density at radius 3 is 2.54 bits per heavy atom. The molecular weight excluding hydrogens is 370 g/mol. The monoisotopic (exact) mass is 387 g/mol. The largest absolute Gasteiger partial charge is 0.386 e. The Bertz CT molecular complexity index is 784. The van der Waals surface area contributed by atoms with Crippen molar-refractivity contribution < 1.29 is 14.4 Å². The van der Waals surface area contributed by atoms with Crippen LogP contribution in [0, 0.1) is 6.92 Å². The molecule has 1 aromatic heterocycles. The van der Waals surface area contributed by atoms with E-state index in [0.29, 0.717) is 23.6 Å². The van der Waals surface area contributed by atoms with E-state index in [9.17, 15) is 5.11 Å². The molecule has 5 heteroatoms. The van der Waals surface area contributed by atoms with Crippen molar-refractivity contribution >= 4 is 15.9 Å². The summed E-state index contributed by atoms with van der Waals surface area (Å²) in [6.07, 6.45) is -0.793. The predicted octanol–water partition coefficient (Wildman–Crippen LogP) is 4.66. The molecule has 124 valence electrons. The van der Waals surface area contributed by atoms with Gasteiger partial charge in [0.15, 0.2) is 5.76 Å². The fraction of sp³-hybridized carbons (Fsp3) is 0.211. The van der Waals surface area contributed by atoms with E-state index in [1.54, 1.807) is 0 Å². The summed E-state index contributed by atoms with van der Waals surface area (Å²) >= 11 is 3.41. The van der Waals surface area contributed by atoms with Gasteiger partial charge in [0.05, 0.1) is 24.5 Å². The number of aliphatic hydroxyl groups excluding tert-OH is 1. The van der Waals surface area contributed by atoms with Crippen molar-refractivity contribution in [1.29, 1.82) is 0 Å². The third kappa shape index (κ3) is 3.93. The molecule has 1 atom stereocenters. The summed E-state index contributed by atoms with van der Waals surface area (Å²) in [6.45, 7) is 2.46. The first-order valence-corrected chi connectivity index (χ1v) is 8.46. The lowest BCUT2D eigenvalue weighted by Crippen LogP contribution is -2.09. The zero-order valence-electron chi connectivity index (χ0n) is 13.3. The van der Waals surface area contributed by atoms with Crippen LogP contribution in [-0.4, -0.2) is 16.9 Å². The number of aromatic nitrogens is 1. The minimum absolute atomic E-state index is 0.181.